The molecule has 19 heavy (non-hydrogen) atoms. The second kappa shape index (κ2) is 5.27. The van der Waals surface area contributed by atoms with Crippen LogP contribution >= 0.6 is 22.7 Å². The van der Waals surface area contributed by atoms with Gasteiger partial charge in [-0.15, -0.1) is 22.7 Å². The normalized spacial score (nSPS) is 11.3. The molecule has 0 radical (unpaired) electrons. The van der Waals surface area contributed by atoms with Gasteiger partial charge in [0.2, 0.25) is 0 Å². The summed E-state index contributed by atoms with van der Waals surface area (Å²) in [6.45, 7) is 5.53. The lowest BCUT2D eigenvalue weighted by Crippen LogP contribution is -2.23. The Labute approximate surface area is 119 Å². The van der Waals surface area contributed by atoms with E-state index >= 15 is 0 Å². The van der Waals surface area contributed by atoms with Gasteiger partial charge in [-0.1, -0.05) is 0 Å². The van der Waals surface area contributed by atoms with Crippen molar-refractivity contribution < 1.29 is 14.3 Å². The Balaban J connectivity index is 2.19. The molecule has 100 valence electrons. The van der Waals surface area contributed by atoms with Crippen molar-refractivity contribution in [2.75, 3.05) is 0 Å². The zero-order chi connectivity index (χ0) is 14.0. The summed E-state index contributed by atoms with van der Waals surface area (Å²) < 4.78 is 5.32. The van der Waals surface area contributed by atoms with Gasteiger partial charge in [-0.3, -0.25) is 4.79 Å². The molecule has 0 aromatic carbocycles. The van der Waals surface area contributed by atoms with Gasteiger partial charge in [0.15, 0.2) is 6.29 Å². The molecule has 0 aliphatic carbocycles. The van der Waals surface area contributed by atoms with E-state index in [1.165, 1.54) is 22.7 Å². The molecule has 0 aliphatic heterocycles. The highest BCUT2D eigenvalue weighted by Crippen LogP contribution is 2.31. The van der Waals surface area contributed by atoms with Gasteiger partial charge >= 0.3 is 5.97 Å². The molecule has 0 spiro atoms. The van der Waals surface area contributed by atoms with Crippen molar-refractivity contribution in [2.24, 2.45) is 0 Å². The van der Waals surface area contributed by atoms with Gasteiger partial charge < -0.3 is 4.74 Å². The van der Waals surface area contributed by atoms with Crippen LogP contribution in [0.2, 0.25) is 0 Å². The maximum absolute atomic E-state index is 11.9. The highest BCUT2D eigenvalue weighted by Gasteiger charge is 2.19. The molecule has 0 saturated carbocycles. The van der Waals surface area contributed by atoms with E-state index < -0.39 is 5.60 Å². The number of carbonyl (C=O) groups is 2. The monoisotopic (exact) mass is 294 g/mol. The first-order chi connectivity index (χ1) is 8.89. The van der Waals surface area contributed by atoms with Crippen molar-refractivity contribution in [1.82, 2.24) is 0 Å². The van der Waals surface area contributed by atoms with Crippen LogP contribution < -0.4 is 0 Å². The highest BCUT2D eigenvalue weighted by molar-refractivity contribution is 7.17. The fraction of sp³-hybridized carbons (Fsp3) is 0.286. The van der Waals surface area contributed by atoms with Crippen molar-refractivity contribution in [3.05, 3.63) is 33.3 Å². The lowest BCUT2D eigenvalue weighted by molar-refractivity contribution is 0.00752. The highest BCUT2D eigenvalue weighted by atomic mass is 32.1. The Morgan fingerprint density at radius 1 is 1.32 bits per heavy atom. The van der Waals surface area contributed by atoms with Crippen LogP contribution in [0.25, 0.3) is 10.4 Å². The number of aldehydes is 1. The van der Waals surface area contributed by atoms with E-state index in [0.717, 1.165) is 16.7 Å². The Hall–Kier alpha value is -1.46. The number of hydrogen-bond donors (Lipinski definition) is 0. The summed E-state index contributed by atoms with van der Waals surface area (Å²) in [5.41, 5.74) is 0.457. The van der Waals surface area contributed by atoms with Gasteiger partial charge in [0.25, 0.3) is 0 Å². The van der Waals surface area contributed by atoms with Crippen molar-refractivity contribution in [1.29, 1.82) is 0 Å². The Bertz CT molecular complexity index is 602. The molecule has 0 fully saturated rings. The topological polar surface area (TPSA) is 43.4 Å². The summed E-state index contributed by atoms with van der Waals surface area (Å²) in [5.74, 6) is -0.309. The van der Waals surface area contributed by atoms with Crippen LogP contribution in [0.3, 0.4) is 0 Å². The van der Waals surface area contributed by atoms with Crippen LogP contribution in [-0.4, -0.2) is 17.9 Å². The number of ether oxygens (including phenoxy) is 1. The molecule has 0 bridgehead atoms. The fourth-order valence-corrected chi connectivity index (χ4v) is 3.14. The first kappa shape index (κ1) is 14.0. The van der Waals surface area contributed by atoms with E-state index in [2.05, 4.69) is 0 Å². The van der Waals surface area contributed by atoms with Crippen LogP contribution in [-0.2, 0) is 4.74 Å². The van der Waals surface area contributed by atoms with E-state index in [0.29, 0.717) is 9.75 Å². The van der Waals surface area contributed by atoms with Crippen LogP contribution in [0.5, 0.6) is 0 Å². The van der Waals surface area contributed by atoms with Crippen molar-refractivity contribution in [3.63, 3.8) is 0 Å². The van der Waals surface area contributed by atoms with Gasteiger partial charge in [-0.25, -0.2) is 4.79 Å². The SMILES string of the molecule is CC(C)(C)OC(=O)c1cc(-c2ccc(C=O)s2)cs1. The summed E-state index contributed by atoms with van der Waals surface area (Å²) in [6.07, 6.45) is 0.829. The standard InChI is InChI=1S/C14H14O3S2/c1-14(2,3)17-13(16)12-6-9(8-18-12)11-5-4-10(7-15)19-11/h4-8H,1-3H3. The summed E-state index contributed by atoms with van der Waals surface area (Å²) in [6, 6.07) is 5.46. The number of rotatable bonds is 3. The van der Waals surface area contributed by atoms with E-state index in [-0.39, 0.29) is 5.97 Å². The molecular weight excluding hydrogens is 280 g/mol. The quantitative estimate of drug-likeness (QED) is 0.628. The van der Waals surface area contributed by atoms with Gasteiger partial charge in [0.1, 0.15) is 10.5 Å². The minimum atomic E-state index is -0.491. The molecule has 0 amide bonds. The molecule has 5 heteroatoms. The van der Waals surface area contributed by atoms with Crippen molar-refractivity contribution in [3.8, 4) is 10.4 Å². The van der Waals surface area contributed by atoms with E-state index in [1.807, 2.05) is 32.2 Å². The predicted octanol–water partition coefficient (Wildman–Crippen LogP) is 4.24. The molecule has 2 aromatic rings. The molecule has 2 aromatic heterocycles. The molecule has 0 atom stereocenters. The van der Waals surface area contributed by atoms with Crippen LogP contribution in [0.1, 0.15) is 40.1 Å². The number of esters is 1. The first-order valence-corrected chi connectivity index (χ1v) is 7.46. The van der Waals surface area contributed by atoms with Gasteiger partial charge in [-0.2, -0.15) is 0 Å². The van der Waals surface area contributed by atoms with Gasteiger partial charge in [-0.05, 0) is 39.0 Å². The van der Waals surface area contributed by atoms with Crippen LogP contribution in [0, 0.1) is 0 Å². The maximum Gasteiger partial charge on any atom is 0.348 e. The molecule has 2 heterocycles. The van der Waals surface area contributed by atoms with E-state index in [4.69, 9.17) is 4.74 Å². The van der Waals surface area contributed by atoms with Gasteiger partial charge in [0.05, 0.1) is 4.88 Å². The minimum Gasteiger partial charge on any atom is -0.456 e. The van der Waals surface area contributed by atoms with Crippen molar-refractivity contribution in [2.45, 2.75) is 26.4 Å². The molecule has 2 rings (SSSR count). The Kier molecular flexibility index (Phi) is 3.87. The lowest BCUT2D eigenvalue weighted by Gasteiger charge is -2.18. The zero-order valence-corrected chi connectivity index (χ0v) is 12.6. The molecule has 0 aliphatic rings. The largest absolute Gasteiger partial charge is 0.456 e. The third-order valence-corrected chi connectivity index (χ3v) is 4.20. The molecule has 0 saturated heterocycles. The molecular formula is C14H14O3S2. The smallest absolute Gasteiger partial charge is 0.348 e. The number of carbonyl (C=O) groups excluding carboxylic acids is 2. The third kappa shape index (κ3) is 3.52. The fourth-order valence-electron chi connectivity index (χ4n) is 1.47. The number of thiophene rings is 2. The van der Waals surface area contributed by atoms with Crippen LogP contribution in [0.15, 0.2) is 23.6 Å². The second-order valence-corrected chi connectivity index (χ2v) is 7.05. The Morgan fingerprint density at radius 3 is 2.63 bits per heavy atom. The molecule has 3 nitrogen and oxygen atoms in total. The van der Waals surface area contributed by atoms with Gasteiger partial charge in [0, 0.05) is 15.8 Å². The summed E-state index contributed by atoms with van der Waals surface area (Å²) >= 11 is 2.76. The zero-order valence-electron chi connectivity index (χ0n) is 10.9. The minimum absolute atomic E-state index is 0.309. The second-order valence-electron chi connectivity index (χ2n) is 5.02. The maximum atomic E-state index is 11.9. The predicted molar refractivity (Wildman–Crippen MR) is 78.2 cm³/mol. The average Bonchev–Trinajstić information content (AvgIpc) is 2.95. The summed E-state index contributed by atoms with van der Waals surface area (Å²) in [7, 11) is 0. The average molecular weight is 294 g/mol. The van der Waals surface area contributed by atoms with Crippen molar-refractivity contribution >= 4 is 34.9 Å². The number of hydrogen-bond acceptors (Lipinski definition) is 5. The lowest BCUT2D eigenvalue weighted by atomic mass is 10.2. The summed E-state index contributed by atoms with van der Waals surface area (Å²) in [5, 5.41) is 1.90. The molecule has 0 unspecified atom stereocenters. The Morgan fingerprint density at radius 2 is 2.05 bits per heavy atom. The summed E-state index contributed by atoms with van der Waals surface area (Å²) in [4.78, 5) is 24.8. The van der Waals surface area contributed by atoms with E-state index in [9.17, 15) is 9.59 Å². The first-order valence-electron chi connectivity index (χ1n) is 5.76. The third-order valence-electron chi connectivity index (χ3n) is 2.23. The van der Waals surface area contributed by atoms with E-state index in [1.54, 1.807) is 12.1 Å². The van der Waals surface area contributed by atoms with Crippen LogP contribution in [0.4, 0.5) is 0 Å². The molecule has 0 N–H and O–H groups in total.